The second-order valence-electron chi connectivity index (χ2n) is 3.80. The largest absolute Gasteiger partial charge is 0.397 e. The van der Waals surface area contributed by atoms with Crippen LogP contribution in [0.15, 0.2) is 6.07 Å². The van der Waals surface area contributed by atoms with Crippen LogP contribution in [0.3, 0.4) is 0 Å². The molecule has 1 rings (SSSR count). The molecule has 66 valence electrons. The Kier molecular flexibility index (Phi) is 2.24. The van der Waals surface area contributed by atoms with Gasteiger partial charge < -0.3 is 5.73 Å². The van der Waals surface area contributed by atoms with Gasteiger partial charge in [-0.15, -0.1) is 11.3 Å². The van der Waals surface area contributed by atoms with Gasteiger partial charge in [0.1, 0.15) is 0 Å². The average molecular weight is 183 g/mol. The molecule has 1 aromatic rings. The molecule has 0 saturated carbocycles. The molecule has 0 saturated heterocycles. The fourth-order valence-corrected chi connectivity index (χ4v) is 1.83. The molecule has 0 amide bonds. The van der Waals surface area contributed by atoms with E-state index in [0.717, 1.165) is 11.2 Å². The van der Waals surface area contributed by atoms with Crippen molar-refractivity contribution in [2.24, 2.45) is 0 Å². The number of nitrogens with two attached hydrogens (primary N) is 1. The van der Waals surface area contributed by atoms with Gasteiger partial charge in [0.2, 0.25) is 0 Å². The molecule has 0 unspecified atom stereocenters. The molecule has 0 spiro atoms. The lowest BCUT2D eigenvalue weighted by molar-refractivity contribution is 0.112. The number of carbonyl (C=O) groups excluding carboxylic acids is 1. The summed E-state index contributed by atoms with van der Waals surface area (Å²) in [6.07, 6.45) is 0.815. The summed E-state index contributed by atoms with van der Waals surface area (Å²) in [7, 11) is 0. The summed E-state index contributed by atoms with van der Waals surface area (Å²) < 4.78 is 0. The van der Waals surface area contributed by atoms with Gasteiger partial charge in [-0.25, -0.2) is 0 Å². The van der Waals surface area contributed by atoms with Crippen LogP contribution in [0, 0.1) is 0 Å². The van der Waals surface area contributed by atoms with E-state index < -0.39 is 0 Å². The second-order valence-corrected chi connectivity index (χ2v) is 4.88. The highest BCUT2D eigenvalue weighted by atomic mass is 32.1. The highest BCUT2D eigenvalue weighted by molar-refractivity contribution is 7.14. The van der Waals surface area contributed by atoms with Crippen LogP contribution in [0.4, 0.5) is 5.69 Å². The summed E-state index contributed by atoms with van der Waals surface area (Å²) in [5.41, 5.74) is 6.31. The number of hydrogen-bond donors (Lipinski definition) is 1. The van der Waals surface area contributed by atoms with Crippen LogP contribution in [0.5, 0.6) is 0 Å². The Balaban J connectivity index is 3.13. The van der Waals surface area contributed by atoms with E-state index in [4.69, 9.17) is 5.73 Å². The number of hydrogen-bond acceptors (Lipinski definition) is 3. The van der Waals surface area contributed by atoms with Crippen molar-refractivity contribution in [2.75, 3.05) is 5.73 Å². The molecule has 0 bridgehead atoms. The van der Waals surface area contributed by atoms with Crippen LogP contribution in [0.25, 0.3) is 0 Å². The monoisotopic (exact) mass is 183 g/mol. The molecule has 0 atom stereocenters. The zero-order chi connectivity index (χ0) is 9.35. The van der Waals surface area contributed by atoms with Crippen LogP contribution < -0.4 is 5.73 Å². The lowest BCUT2D eigenvalue weighted by atomic mass is 9.95. The highest BCUT2D eigenvalue weighted by Crippen LogP contribution is 2.32. The zero-order valence-corrected chi connectivity index (χ0v) is 8.37. The fraction of sp³-hybridized carbons (Fsp3) is 0.444. The predicted molar refractivity (Wildman–Crippen MR) is 52.8 cm³/mol. The molecule has 0 aliphatic heterocycles. The third kappa shape index (κ3) is 1.67. The van der Waals surface area contributed by atoms with Gasteiger partial charge in [-0.1, -0.05) is 20.8 Å². The first kappa shape index (κ1) is 9.26. The van der Waals surface area contributed by atoms with Gasteiger partial charge >= 0.3 is 0 Å². The first-order valence-corrected chi connectivity index (χ1v) is 4.62. The molecular weight excluding hydrogens is 170 g/mol. The minimum atomic E-state index is 0.0834. The summed E-state index contributed by atoms with van der Waals surface area (Å²) >= 11 is 1.47. The molecule has 2 N–H and O–H groups in total. The number of rotatable bonds is 1. The molecule has 3 heteroatoms. The van der Waals surface area contributed by atoms with Crippen molar-refractivity contribution in [3.05, 3.63) is 15.8 Å². The molecule has 12 heavy (non-hydrogen) atoms. The number of nitrogen functional groups attached to an aromatic ring is 1. The summed E-state index contributed by atoms with van der Waals surface area (Å²) in [4.78, 5) is 12.3. The van der Waals surface area contributed by atoms with Crippen molar-refractivity contribution in [1.29, 1.82) is 0 Å². The number of aldehydes is 1. The van der Waals surface area contributed by atoms with E-state index in [1.807, 2.05) is 6.07 Å². The fourth-order valence-electron chi connectivity index (χ4n) is 0.881. The summed E-state index contributed by atoms with van der Waals surface area (Å²) in [5.74, 6) is 0. The van der Waals surface area contributed by atoms with E-state index >= 15 is 0 Å². The van der Waals surface area contributed by atoms with Gasteiger partial charge in [0.05, 0.1) is 10.6 Å². The Morgan fingerprint density at radius 3 is 2.33 bits per heavy atom. The smallest absolute Gasteiger partial charge is 0.162 e. The van der Waals surface area contributed by atoms with E-state index in [-0.39, 0.29) is 5.41 Å². The van der Waals surface area contributed by atoms with Gasteiger partial charge in [-0.05, 0) is 11.5 Å². The normalized spacial score (nSPS) is 11.6. The highest BCUT2D eigenvalue weighted by Gasteiger charge is 2.17. The van der Waals surface area contributed by atoms with Gasteiger partial charge in [0.25, 0.3) is 0 Å². The maximum absolute atomic E-state index is 10.5. The Morgan fingerprint density at radius 2 is 2.08 bits per heavy atom. The Morgan fingerprint density at radius 1 is 1.50 bits per heavy atom. The van der Waals surface area contributed by atoms with E-state index in [1.54, 1.807) is 0 Å². The maximum Gasteiger partial charge on any atom is 0.162 e. The van der Waals surface area contributed by atoms with Crippen molar-refractivity contribution in [1.82, 2.24) is 0 Å². The van der Waals surface area contributed by atoms with E-state index in [2.05, 4.69) is 20.8 Å². The molecule has 0 aromatic carbocycles. The van der Waals surface area contributed by atoms with Gasteiger partial charge in [-0.2, -0.15) is 0 Å². The molecule has 0 radical (unpaired) electrons. The van der Waals surface area contributed by atoms with Crippen molar-refractivity contribution in [2.45, 2.75) is 26.2 Å². The minimum Gasteiger partial charge on any atom is -0.397 e. The van der Waals surface area contributed by atoms with Crippen LogP contribution in [-0.4, -0.2) is 6.29 Å². The number of carbonyl (C=O) groups is 1. The molecular formula is C9H13NOS. The zero-order valence-electron chi connectivity index (χ0n) is 7.55. The van der Waals surface area contributed by atoms with Crippen molar-refractivity contribution in [3.63, 3.8) is 0 Å². The average Bonchev–Trinajstić information content (AvgIpc) is 2.29. The van der Waals surface area contributed by atoms with E-state index in [1.165, 1.54) is 11.3 Å². The third-order valence-corrected chi connectivity index (χ3v) is 3.14. The van der Waals surface area contributed by atoms with Crippen LogP contribution >= 0.6 is 11.3 Å². The molecule has 1 aromatic heterocycles. The standard InChI is InChI=1S/C9H13NOS/c1-9(2,3)8-4-6(10)7(5-11)12-8/h4-5H,10H2,1-3H3. The quantitative estimate of drug-likeness (QED) is 0.679. The molecule has 1 heterocycles. The van der Waals surface area contributed by atoms with Crippen molar-refractivity contribution < 1.29 is 4.79 Å². The topological polar surface area (TPSA) is 43.1 Å². The molecule has 0 fully saturated rings. The lowest BCUT2D eigenvalue weighted by Gasteiger charge is -2.14. The van der Waals surface area contributed by atoms with Crippen LogP contribution in [-0.2, 0) is 5.41 Å². The van der Waals surface area contributed by atoms with Crippen molar-refractivity contribution >= 4 is 23.3 Å². The number of thiophene rings is 1. The first-order chi connectivity index (χ1) is 5.45. The Labute approximate surface area is 76.4 Å². The van der Waals surface area contributed by atoms with Gasteiger partial charge in [0, 0.05) is 4.88 Å². The van der Waals surface area contributed by atoms with Gasteiger partial charge in [-0.3, -0.25) is 4.79 Å². The van der Waals surface area contributed by atoms with E-state index in [9.17, 15) is 4.79 Å². The molecule has 2 nitrogen and oxygen atoms in total. The lowest BCUT2D eigenvalue weighted by Crippen LogP contribution is -2.07. The van der Waals surface area contributed by atoms with Crippen molar-refractivity contribution in [3.8, 4) is 0 Å². The third-order valence-electron chi connectivity index (χ3n) is 1.64. The predicted octanol–water partition coefficient (Wildman–Crippen LogP) is 2.44. The SMILES string of the molecule is CC(C)(C)c1cc(N)c(C=O)s1. The Hall–Kier alpha value is -0.830. The first-order valence-electron chi connectivity index (χ1n) is 3.80. The maximum atomic E-state index is 10.5. The second kappa shape index (κ2) is 2.90. The molecule has 0 aliphatic carbocycles. The summed E-state index contributed by atoms with van der Waals surface area (Å²) in [6, 6.07) is 1.88. The minimum absolute atomic E-state index is 0.0834. The summed E-state index contributed by atoms with van der Waals surface area (Å²) in [6.45, 7) is 6.31. The number of anilines is 1. The molecule has 0 aliphatic rings. The van der Waals surface area contributed by atoms with E-state index in [0.29, 0.717) is 10.6 Å². The van der Waals surface area contributed by atoms with Crippen LogP contribution in [0.2, 0.25) is 0 Å². The van der Waals surface area contributed by atoms with Crippen LogP contribution in [0.1, 0.15) is 35.3 Å². The Bertz CT molecular complexity index is 296. The van der Waals surface area contributed by atoms with Gasteiger partial charge in [0.15, 0.2) is 6.29 Å². The summed E-state index contributed by atoms with van der Waals surface area (Å²) in [5, 5.41) is 0.